The Morgan fingerprint density at radius 1 is 0.429 bits per heavy atom. The first-order chi connectivity index (χ1) is 12.4. The van der Waals surface area contributed by atoms with Crippen LogP contribution in [0.15, 0.2) is 48.5 Å². The van der Waals surface area contributed by atoms with Crippen molar-refractivity contribution in [3.8, 4) is 0 Å². The fourth-order valence-electron chi connectivity index (χ4n) is 1.72. The lowest BCUT2D eigenvalue weighted by Crippen LogP contribution is -2.08. The SMILES string of the molecule is FC(F)(Cl)c1ccc(C(F)(F)Cl)cc1.FC(F)(Cl)c1cccc(C(F)(F)Cl)c1. The van der Waals surface area contributed by atoms with Crippen LogP contribution >= 0.6 is 46.4 Å². The summed E-state index contributed by atoms with van der Waals surface area (Å²) in [5.74, 6) is 0. The van der Waals surface area contributed by atoms with Gasteiger partial charge in [0.2, 0.25) is 0 Å². The lowest BCUT2D eigenvalue weighted by Gasteiger charge is -2.12. The van der Waals surface area contributed by atoms with Gasteiger partial charge in [-0.3, -0.25) is 0 Å². The quantitative estimate of drug-likeness (QED) is 0.295. The normalized spacial score (nSPS) is 13.0. The summed E-state index contributed by atoms with van der Waals surface area (Å²) in [6.45, 7) is 0. The van der Waals surface area contributed by atoms with Crippen molar-refractivity contribution in [2.24, 2.45) is 0 Å². The smallest absolute Gasteiger partial charge is 0.183 e. The van der Waals surface area contributed by atoms with E-state index in [-0.39, 0.29) is 0 Å². The van der Waals surface area contributed by atoms with E-state index in [0.717, 1.165) is 42.5 Å². The molecule has 0 unspecified atom stereocenters. The molecule has 2 rings (SSSR count). The van der Waals surface area contributed by atoms with E-state index in [4.69, 9.17) is 0 Å². The number of hydrogen-bond donors (Lipinski definition) is 0. The fraction of sp³-hybridized carbons (Fsp3) is 0.250. The molecular weight excluding hydrogens is 486 g/mol. The number of halogens is 12. The van der Waals surface area contributed by atoms with E-state index < -0.39 is 43.8 Å². The van der Waals surface area contributed by atoms with Crippen LogP contribution in [0.3, 0.4) is 0 Å². The number of hydrogen-bond acceptors (Lipinski definition) is 0. The van der Waals surface area contributed by atoms with E-state index in [0.29, 0.717) is 6.07 Å². The van der Waals surface area contributed by atoms with Gasteiger partial charge in [0.1, 0.15) is 0 Å². The largest absolute Gasteiger partial charge is 0.348 e. The zero-order valence-corrected chi connectivity index (χ0v) is 16.2. The van der Waals surface area contributed by atoms with Crippen molar-refractivity contribution in [3.63, 3.8) is 0 Å². The molecule has 0 saturated heterocycles. The number of alkyl halides is 12. The van der Waals surface area contributed by atoms with E-state index >= 15 is 0 Å². The number of rotatable bonds is 4. The Morgan fingerprint density at radius 2 is 0.679 bits per heavy atom. The van der Waals surface area contributed by atoms with Gasteiger partial charge in [-0.25, -0.2) is 0 Å². The van der Waals surface area contributed by atoms with E-state index in [1.54, 1.807) is 0 Å². The minimum atomic E-state index is -3.67. The fourth-order valence-corrected chi connectivity index (χ4v) is 2.21. The monoisotopic (exact) mass is 492 g/mol. The predicted octanol–water partition coefficient (Wildman–Crippen LogP) is 8.53. The van der Waals surface area contributed by atoms with Gasteiger partial charge < -0.3 is 0 Å². The molecule has 0 bridgehead atoms. The van der Waals surface area contributed by atoms with Gasteiger partial charge >= 0.3 is 21.5 Å². The van der Waals surface area contributed by atoms with Crippen LogP contribution in [0, 0.1) is 0 Å². The van der Waals surface area contributed by atoms with Crippen LogP contribution in [0.1, 0.15) is 22.3 Å². The van der Waals surface area contributed by atoms with Crippen molar-refractivity contribution in [2.75, 3.05) is 0 Å². The van der Waals surface area contributed by atoms with Gasteiger partial charge in [0.05, 0.1) is 0 Å². The third-order valence-electron chi connectivity index (χ3n) is 3.06. The zero-order chi connectivity index (χ0) is 22.0. The highest BCUT2D eigenvalue weighted by atomic mass is 35.5. The van der Waals surface area contributed by atoms with Gasteiger partial charge in [0.25, 0.3) is 0 Å². The molecule has 0 heterocycles. The molecule has 2 aromatic rings. The summed E-state index contributed by atoms with van der Waals surface area (Å²) in [6.07, 6.45) is 0. The van der Waals surface area contributed by atoms with E-state index in [1.165, 1.54) is 0 Å². The van der Waals surface area contributed by atoms with Crippen LogP contribution in [-0.2, 0) is 21.5 Å². The molecule has 0 aromatic heterocycles. The second-order valence-corrected chi connectivity index (χ2v) is 7.05. The van der Waals surface area contributed by atoms with Gasteiger partial charge in [-0.1, -0.05) is 42.5 Å². The standard InChI is InChI=1S/2C8H4Cl2F4/c9-7(11,12)5-1-2-6(4-3-5)8(10,13)14;9-7(11,12)5-2-1-3-6(4-5)8(10,13)14/h2*1-4H. The number of benzene rings is 2. The molecule has 0 aliphatic heterocycles. The van der Waals surface area contributed by atoms with Crippen molar-refractivity contribution in [1.82, 2.24) is 0 Å². The maximum Gasteiger partial charge on any atom is 0.348 e. The Hall–Kier alpha value is -0.960. The molecule has 0 atom stereocenters. The first-order valence-corrected chi connectivity index (χ1v) is 8.42. The summed E-state index contributed by atoms with van der Waals surface area (Å²) in [6, 6.07) is 6.71. The van der Waals surface area contributed by atoms with Gasteiger partial charge in [0.15, 0.2) is 0 Å². The zero-order valence-electron chi connectivity index (χ0n) is 13.2. The Morgan fingerprint density at radius 3 is 0.893 bits per heavy atom. The Balaban J connectivity index is 0.000000280. The predicted molar refractivity (Wildman–Crippen MR) is 91.9 cm³/mol. The summed E-state index contributed by atoms with van der Waals surface area (Å²) >= 11 is 18.7. The molecule has 156 valence electrons. The summed E-state index contributed by atoms with van der Waals surface area (Å²) in [4.78, 5) is 0. The third kappa shape index (κ3) is 7.81. The van der Waals surface area contributed by atoms with Crippen molar-refractivity contribution in [1.29, 1.82) is 0 Å². The summed E-state index contributed by atoms with van der Waals surface area (Å²) in [7, 11) is 0. The topological polar surface area (TPSA) is 0 Å². The molecular formula is C16H8Cl4F8. The lowest BCUT2D eigenvalue weighted by molar-refractivity contribution is 0.0877. The molecule has 0 aliphatic rings. The van der Waals surface area contributed by atoms with Gasteiger partial charge in [-0.15, -0.1) is 0 Å². The maximum atomic E-state index is 12.5. The molecule has 0 spiro atoms. The van der Waals surface area contributed by atoms with Crippen molar-refractivity contribution in [3.05, 3.63) is 70.8 Å². The molecule has 2 aromatic carbocycles. The molecule has 0 N–H and O–H groups in total. The molecule has 0 saturated carbocycles. The van der Waals surface area contributed by atoms with Crippen LogP contribution in [-0.4, -0.2) is 0 Å². The molecule has 0 amide bonds. The molecule has 0 aliphatic carbocycles. The van der Waals surface area contributed by atoms with E-state index in [1.807, 2.05) is 0 Å². The van der Waals surface area contributed by atoms with Gasteiger partial charge in [0, 0.05) is 22.3 Å². The summed E-state index contributed by atoms with van der Waals surface area (Å²) in [5.41, 5.74) is -2.53. The Labute approximate surface area is 173 Å². The minimum Gasteiger partial charge on any atom is -0.183 e. The van der Waals surface area contributed by atoms with Gasteiger partial charge in [-0.2, -0.15) is 35.1 Å². The summed E-state index contributed by atoms with van der Waals surface area (Å²) in [5, 5.41) is -14.4. The molecule has 0 fully saturated rings. The van der Waals surface area contributed by atoms with Crippen LogP contribution < -0.4 is 0 Å². The first kappa shape index (κ1) is 25.1. The minimum absolute atomic E-state index is 0.552. The Kier molecular flexibility index (Phi) is 7.89. The average molecular weight is 494 g/mol. The second kappa shape index (κ2) is 8.81. The van der Waals surface area contributed by atoms with Crippen molar-refractivity contribution >= 4 is 46.4 Å². The highest BCUT2D eigenvalue weighted by molar-refractivity contribution is 6.23. The maximum absolute atomic E-state index is 12.5. The van der Waals surface area contributed by atoms with Crippen LogP contribution in [0.2, 0.25) is 0 Å². The lowest BCUT2D eigenvalue weighted by atomic mass is 10.1. The first-order valence-electron chi connectivity index (χ1n) is 6.91. The van der Waals surface area contributed by atoms with E-state index in [2.05, 4.69) is 46.4 Å². The summed E-state index contributed by atoms with van der Waals surface area (Å²) < 4.78 is 99.7. The van der Waals surface area contributed by atoms with E-state index in [9.17, 15) is 35.1 Å². The molecule has 0 radical (unpaired) electrons. The van der Waals surface area contributed by atoms with Crippen molar-refractivity contribution < 1.29 is 35.1 Å². The molecule has 28 heavy (non-hydrogen) atoms. The highest BCUT2D eigenvalue weighted by Crippen LogP contribution is 2.38. The van der Waals surface area contributed by atoms with Gasteiger partial charge in [-0.05, 0) is 52.5 Å². The Bertz CT molecular complexity index is 709. The molecule has 12 heteroatoms. The van der Waals surface area contributed by atoms with Crippen LogP contribution in [0.25, 0.3) is 0 Å². The average Bonchev–Trinajstić information content (AvgIpc) is 2.52. The third-order valence-corrected chi connectivity index (χ3v) is 3.93. The molecule has 0 nitrogen and oxygen atoms in total. The van der Waals surface area contributed by atoms with Crippen LogP contribution in [0.4, 0.5) is 35.1 Å². The van der Waals surface area contributed by atoms with Crippen LogP contribution in [0.5, 0.6) is 0 Å². The highest BCUT2D eigenvalue weighted by Gasteiger charge is 2.33. The second-order valence-electron chi connectivity index (χ2n) is 5.15. The van der Waals surface area contributed by atoms with Crippen molar-refractivity contribution in [2.45, 2.75) is 21.5 Å².